The summed E-state index contributed by atoms with van der Waals surface area (Å²) in [5, 5.41) is 2.37. The van der Waals surface area contributed by atoms with Crippen molar-refractivity contribution in [1.82, 2.24) is 0 Å². The van der Waals surface area contributed by atoms with Crippen molar-refractivity contribution in [3.8, 4) is 23.0 Å². The zero-order valence-electron chi connectivity index (χ0n) is 22.4. The molecular formula is C27H30N2O8S3. The first kappa shape index (κ1) is 28.6. The lowest BCUT2D eigenvalue weighted by atomic mass is 10.2. The van der Waals surface area contributed by atoms with Gasteiger partial charge in [0, 0.05) is 18.7 Å². The molecule has 2 aromatic carbocycles. The van der Waals surface area contributed by atoms with Crippen LogP contribution in [0.2, 0.25) is 0 Å². The van der Waals surface area contributed by atoms with Crippen molar-refractivity contribution >= 4 is 55.5 Å². The van der Waals surface area contributed by atoms with Crippen molar-refractivity contribution in [1.29, 1.82) is 0 Å². The van der Waals surface area contributed by atoms with Gasteiger partial charge in [0.15, 0.2) is 27.7 Å². The molecule has 3 aromatic rings. The number of nitrogens with zero attached hydrogens (tertiary/aromatic N) is 2. The van der Waals surface area contributed by atoms with Crippen LogP contribution >= 0.6 is 23.1 Å². The van der Waals surface area contributed by atoms with Gasteiger partial charge in [-0.25, -0.2) is 8.42 Å². The number of benzene rings is 2. The molecule has 214 valence electrons. The van der Waals surface area contributed by atoms with Crippen LogP contribution < -0.4 is 28.4 Å². The van der Waals surface area contributed by atoms with Gasteiger partial charge in [-0.2, -0.15) is 4.57 Å². The van der Waals surface area contributed by atoms with E-state index in [1.54, 1.807) is 23.1 Å². The maximum atomic E-state index is 9.45. The molecule has 0 N–H and O–H groups in total. The van der Waals surface area contributed by atoms with Gasteiger partial charge in [-0.3, -0.25) is 4.18 Å². The number of hydrogen-bond acceptors (Lipinski definition) is 11. The Labute approximate surface area is 241 Å². The summed E-state index contributed by atoms with van der Waals surface area (Å²) in [6.07, 6.45) is 6.51. The number of thiazole rings is 1. The molecule has 10 nitrogen and oxygen atoms in total. The van der Waals surface area contributed by atoms with Crippen molar-refractivity contribution in [3.63, 3.8) is 0 Å². The molecule has 3 aliphatic heterocycles. The highest BCUT2D eigenvalue weighted by Gasteiger charge is 2.30. The highest BCUT2D eigenvalue weighted by atomic mass is 32.3. The average Bonchev–Trinajstić information content (AvgIpc) is 3.50. The molecule has 0 saturated heterocycles. The van der Waals surface area contributed by atoms with Gasteiger partial charge in [0.25, 0.3) is 5.01 Å². The fraction of sp³-hybridized carbons (Fsp3) is 0.370. The predicted molar refractivity (Wildman–Crippen MR) is 153 cm³/mol. The van der Waals surface area contributed by atoms with Gasteiger partial charge in [-0.15, -0.1) is 0 Å². The average molecular weight is 607 g/mol. The standard InChI is InChI=1S/C25H25N2O4S2.C2H6O4S/c1-3-26-16-8-10-18-22(30-14-12-28-18)24(16)32-20(26)6-5-7-21-27(4-2)17-9-11-19-23(25(17)33-21)31-15-13-29-19;1-2-6-7(3,4)5/h5-11H,3-4,12-15H2,1-2H3;2H2,1H3,(H,3,4,5)/q+1;/p-1. The van der Waals surface area contributed by atoms with E-state index in [0.717, 1.165) is 45.7 Å². The minimum absolute atomic E-state index is 0.0914. The highest BCUT2D eigenvalue weighted by molar-refractivity contribution is 8.03. The lowest BCUT2D eigenvalue weighted by molar-refractivity contribution is -0.665. The largest absolute Gasteiger partial charge is 0.726 e. The van der Waals surface area contributed by atoms with Crippen LogP contribution in [0.1, 0.15) is 25.8 Å². The van der Waals surface area contributed by atoms with Gasteiger partial charge in [-0.1, -0.05) is 29.2 Å². The minimum atomic E-state index is -4.42. The van der Waals surface area contributed by atoms with Crippen molar-refractivity contribution < 1.29 is 40.7 Å². The summed E-state index contributed by atoms with van der Waals surface area (Å²) >= 11 is 3.49. The van der Waals surface area contributed by atoms with Gasteiger partial charge < -0.3 is 28.4 Å². The van der Waals surface area contributed by atoms with Crippen LogP contribution in [0.15, 0.2) is 46.3 Å². The van der Waals surface area contributed by atoms with E-state index in [9.17, 15) is 13.0 Å². The quantitative estimate of drug-likeness (QED) is 0.222. The molecule has 0 unspecified atom stereocenters. The fourth-order valence-corrected chi connectivity index (χ4v) is 7.34. The van der Waals surface area contributed by atoms with Crippen LogP contribution in [0.3, 0.4) is 0 Å². The molecule has 0 aliphatic carbocycles. The summed E-state index contributed by atoms with van der Waals surface area (Å²) in [6, 6.07) is 8.30. The number of allylic oxidation sites excluding steroid dienone is 2. The predicted octanol–water partition coefficient (Wildman–Crippen LogP) is 4.72. The monoisotopic (exact) mass is 606 g/mol. The van der Waals surface area contributed by atoms with Gasteiger partial charge in [0.1, 0.15) is 33.0 Å². The Bertz CT molecular complexity index is 1570. The van der Waals surface area contributed by atoms with Crippen LogP contribution in [-0.4, -0.2) is 52.5 Å². The summed E-state index contributed by atoms with van der Waals surface area (Å²) < 4.78 is 58.9. The minimum Gasteiger partial charge on any atom is -0.726 e. The molecular weight excluding hydrogens is 577 g/mol. The van der Waals surface area contributed by atoms with E-state index in [0.29, 0.717) is 26.4 Å². The van der Waals surface area contributed by atoms with Crippen molar-refractivity contribution in [2.24, 2.45) is 0 Å². The van der Waals surface area contributed by atoms with Gasteiger partial charge in [-0.05, 0) is 45.0 Å². The summed E-state index contributed by atoms with van der Waals surface area (Å²) in [4.78, 5) is 3.46. The lowest BCUT2D eigenvalue weighted by Crippen LogP contribution is -2.33. The summed E-state index contributed by atoms with van der Waals surface area (Å²) in [5.74, 6) is 3.41. The van der Waals surface area contributed by atoms with Crippen LogP contribution in [0.5, 0.6) is 23.0 Å². The molecule has 0 bridgehead atoms. The van der Waals surface area contributed by atoms with E-state index in [2.05, 4.69) is 57.9 Å². The Hall–Kier alpha value is -2.97. The topological polar surface area (TPSA) is 110 Å². The summed E-state index contributed by atoms with van der Waals surface area (Å²) in [7, 11) is -4.42. The van der Waals surface area contributed by atoms with Crippen molar-refractivity contribution in [2.75, 3.05) is 44.5 Å². The molecule has 0 saturated carbocycles. The fourth-order valence-electron chi connectivity index (χ4n) is 4.60. The normalized spacial score (nSPS) is 16.8. The number of rotatable bonds is 6. The molecule has 0 radical (unpaired) electrons. The van der Waals surface area contributed by atoms with Crippen LogP contribution in [-0.2, 0) is 21.1 Å². The molecule has 1 aromatic heterocycles. The van der Waals surface area contributed by atoms with Crippen LogP contribution in [0.25, 0.3) is 16.3 Å². The highest BCUT2D eigenvalue weighted by Crippen LogP contribution is 2.54. The molecule has 3 aliphatic rings. The Morgan fingerprint density at radius 1 is 1.00 bits per heavy atom. The zero-order chi connectivity index (χ0) is 28.3. The Morgan fingerprint density at radius 3 is 2.33 bits per heavy atom. The second-order valence-corrected chi connectivity index (χ2v) is 11.7. The number of ether oxygens (including phenoxy) is 4. The molecule has 4 heterocycles. The number of fused-ring (bicyclic) bond motifs is 6. The maximum absolute atomic E-state index is 9.45. The van der Waals surface area contributed by atoms with E-state index in [-0.39, 0.29) is 6.61 Å². The summed E-state index contributed by atoms with van der Waals surface area (Å²) in [5.41, 5.74) is 2.36. The molecule has 6 rings (SSSR count). The number of thioether (sulfide) groups is 1. The second kappa shape index (κ2) is 12.3. The van der Waals surface area contributed by atoms with Crippen LogP contribution in [0, 0.1) is 0 Å². The van der Waals surface area contributed by atoms with E-state index in [1.807, 2.05) is 12.1 Å². The molecule has 0 atom stereocenters. The first-order valence-corrected chi connectivity index (χ1v) is 15.9. The number of aromatic nitrogens is 1. The van der Waals surface area contributed by atoms with E-state index < -0.39 is 10.4 Å². The second-order valence-electron chi connectivity index (χ2n) is 8.59. The zero-order valence-corrected chi connectivity index (χ0v) is 24.8. The Balaban J connectivity index is 0.000000411. The molecule has 13 heteroatoms. The first-order valence-electron chi connectivity index (χ1n) is 13.0. The van der Waals surface area contributed by atoms with E-state index in [4.69, 9.17) is 18.9 Å². The van der Waals surface area contributed by atoms with Crippen LogP contribution in [0.4, 0.5) is 5.69 Å². The van der Waals surface area contributed by atoms with Gasteiger partial charge in [0.05, 0.1) is 22.2 Å². The SMILES string of the molecule is CCN1C(=CC=Cc2sc3c4c(ccc3[n+]2CC)OCCO4)Sc2c1ccc1c2OCCO1.CCOS(=O)(=O)[O-]. The van der Waals surface area contributed by atoms with E-state index in [1.165, 1.54) is 28.2 Å². The number of anilines is 1. The third kappa shape index (κ3) is 5.88. The van der Waals surface area contributed by atoms with E-state index >= 15 is 0 Å². The third-order valence-electron chi connectivity index (χ3n) is 6.18. The molecule has 0 amide bonds. The smallest absolute Gasteiger partial charge is 0.262 e. The Morgan fingerprint density at radius 2 is 1.68 bits per heavy atom. The number of hydrogen-bond donors (Lipinski definition) is 0. The number of aryl methyl sites for hydroxylation is 1. The van der Waals surface area contributed by atoms with Gasteiger partial charge >= 0.3 is 0 Å². The summed E-state index contributed by atoms with van der Waals surface area (Å²) in [6.45, 7) is 9.85. The van der Waals surface area contributed by atoms with Crippen molar-refractivity contribution in [2.45, 2.75) is 32.2 Å². The van der Waals surface area contributed by atoms with Gasteiger partial charge in [0.2, 0.25) is 15.9 Å². The molecule has 0 spiro atoms. The molecule has 40 heavy (non-hydrogen) atoms. The Kier molecular flexibility index (Phi) is 8.76. The maximum Gasteiger partial charge on any atom is 0.262 e. The lowest BCUT2D eigenvalue weighted by Gasteiger charge is -2.21. The third-order valence-corrected chi connectivity index (χ3v) is 9.04. The van der Waals surface area contributed by atoms with Crippen molar-refractivity contribution in [3.05, 3.63) is 46.5 Å². The first-order chi connectivity index (χ1) is 19.3. The molecule has 0 fully saturated rings.